The molecule has 0 aromatic heterocycles. The first-order valence-corrected chi connectivity index (χ1v) is 7.66. The topological polar surface area (TPSA) is 21.7 Å². The molecule has 1 saturated heterocycles. The van der Waals surface area contributed by atoms with Gasteiger partial charge in [0.15, 0.2) is 0 Å². The van der Waals surface area contributed by atoms with E-state index < -0.39 is 0 Å². The first kappa shape index (κ1) is 15.3. The fourth-order valence-corrected chi connectivity index (χ4v) is 3.06. The summed E-state index contributed by atoms with van der Waals surface area (Å²) in [5.41, 5.74) is 1.37. The van der Waals surface area contributed by atoms with E-state index in [4.69, 9.17) is 9.47 Å². The molecule has 1 fully saturated rings. The largest absolute Gasteiger partial charge is 0.497 e. The van der Waals surface area contributed by atoms with E-state index >= 15 is 0 Å². The van der Waals surface area contributed by atoms with E-state index in [2.05, 4.69) is 23.1 Å². The Hall–Kier alpha value is -1.06. The third-order valence-corrected chi connectivity index (χ3v) is 4.08. The maximum absolute atomic E-state index is 5.29. The van der Waals surface area contributed by atoms with Gasteiger partial charge in [-0.1, -0.05) is 12.1 Å². The van der Waals surface area contributed by atoms with E-state index in [0.29, 0.717) is 0 Å². The highest BCUT2D eigenvalue weighted by molar-refractivity contribution is 5.28. The van der Waals surface area contributed by atoms with Crippen molar-refractivity contribution in [2.24, 2.45) is 5.92 Å². The summed E-state index contributed by atoms with van der Waals surface area (Å²) >= 11 is 0. The Balaban J connectivity index is 1.72. The van der Waals surface area contributed by atoms with Gasteiger partial charge in [0.25, 0.3) is 0 Å². The summed E-state index contributed by atoms with van der Waals surface area (Å²) in [6, 6.07) is 8.41. The number of hydrogen-bond donors (Lipinski definition) is 0. The zero-order valence-electron chi connectivity index (χ0n) is 12.8. The van der Waals surface area contributed by atoms with E-state index in [0.717, 1.165) is 24.7 Å². The summed E-state index contributed by atoms with van der Waals surface area (Å²) in [5.74, 6) is 1.69. The molecule has 0 saturated carbocycles. The smallest absolute Gasteiger partial charge is 0.119 e. The molecular formula is C17H27NO2. The van der Waals surface area contributed by atoms with Crippen molar-refractivity contribution in [3.05, 3.63) is 29.8 Å². The molecule has 1 unspecified atom stereocenters. The average molecular weight is 277 g/mol. The van der Waals surface area contributed by atoms with Crippen molar-refractivity contribution in [2.75, 3.05) is 40.5 Å². The van der Waals surface area contributed by atoms with E-state index in [1.807, 2.05) is 13.2 Å². The average Bonchev–Trinajstić information content (AvgIpc) is 2.48. The molecule has 0 amide bonds. The van der Waals surface area contributed by atoms with Crippen LogP contribution in [0.4, 0.5) is 0 Å². The van der Waals surface area contributed by atoms with Gasteiger partial charge in [0.1, 0.15) is 5.75 Å². The van der Waals surface area contributed by atoms with Gasteiger partial charge in [-0.3, -0.25) is 0 Å². The minimum Gasteiger partial charge on any atom is -0.497 e. The number of aryl methyl sites for hydroxylation is 1. The van der Waals surface area contributed by atoms with E-state index in [9.17, 15) is 0 Å². The van der Waals surface area contributed by atoms with Crippen molar-refractivity contribution < 1.29 is 9.47 Å². The normalized spacial score (nSPS) is 20.0. The molecule has 20 heavy (non-hydrogen) atoms. The quantitative estimate of drug-likeness (QED) is 0.765. The number of benzene rings is 1. The monoisotopic (exact) mass is 277 g/mol. The number of ether oxygens (including phenoxy) is 2. The SMILES string of the molecule is COCC1CCCN(CCCc2cccc(OC)c2)C1. The summed E-state index contributed by atoms with van der Waals surface area (Å²) < 4.78 is 10.6. The van der Waals surface area contributed by atoms with E-state index in [1.165, 1.54) is 44.5 Å². The molecule has 1 atom stereocenters. The lowest BCUT2D eigenvalue weighted by Gasteiger charge is -2.32. The second kappa shape index (κ2) is 8.28. The number of likely N-dealkylation sites (tertiary alicyclic amines) is 1. The van der Waals surface area contributed by atoms with Gasteiger partial charge in [0.05, 0.1) is 13.7 Å². The number of piperidine rings is 1. The first-order chi connectivity index (χ1) is 9.81. The fourth-order valence-electron chi connectivity index (χ4n) is 3.06. The van der Waals surface area contributed by atoms with Crippen LogP contribution in [0.15, 0.2) is 24.3 Å². The predicted molar refractivity (Wildman–Crippen MR) is 82.4 cm³/mol. The van der Waals surface area contributed by atoms with Crippen LogP contribution in [-0.4, -0.2) is 45.4 Å². The van der Waals surface area contributed by atoms with Crippen molar-refractivity contribution in [3.63, 3.8) is 0 Å². The van der Waals surface area contributed by atoms with E-state index in [-0.39, 0.29) is 0 Å². The highest BCUT2D eigenvalue weighted by Gasteiger charge is 2.19. The number of methoxy groups -OCH3 is 2. The molecule has 3 nitrogen and oxygen atoms in total. The van der Waals surface area contributed by atoms with Crippen LogP contribution in [-0.2, 0) is 11.2 Å². The highest BCUT2D eigenvalue weighted by Crippen LogP contribution is 2.18. The van der Waals surface area contributed by atoms with Gasteiger partial charge in [-0.25, -0.2) is 0 Å². The Labute approximate surface area is 122 Å². The molecule has 2 rings (SSSR count). The van der Waals surface area contributed by atoms with E-state index in [1.54, 1.807) is 7.11 Å². The van der Waals surface area contributed by atoms with Gasteiger partial charge in [-0.2, -0.15) is 0 Å². The van der Waals surface area contributed by atoms with Crippen LogP contribution in [0.1, 0.15) is 24.8 Å². The second-order valence-corrected chi connectivity index (χ2v) is 5.72. The zero-order chi connectivity index (χ0) is 14.2. The molecular weight excluding hydrogens is 250 g/mol. The molecule has 0 radical (unpaired) electrons. The van der Waals surface area contributed by atoms with Gasteiger partial charge in [0, 0.05) is 13.7 Å². The Morgan fingerprint density at radius 2 is 2.20 bits per heavy atom. The summed E-state index contributed by atoms with van der Waals surface area (Å²) in [7, 11) is 3.53. The number of hydrogen-bond acceptors (Lipinski definition) is 3. The summed E-state index contributed by atoms with van der Waals surface area (Å²) in [5, 5.41) is 0. The molecule has 1 heterocycles. The van der Waals surface area contributed by atoms with Gasteiger partial charge in [-0.15, -0.1) is 0 Å². The van der Waals surface area contributed by atoms with Gasteiger partial charge in [-0.05, 0) is 62.4 Å². The van der Waals surface area contributed by atoms with Crippen LogP contribution in [0.25, 0.3) is 0 Å². The molecule has 1 aliphatic rings. The molecule has 0 N–H and O–H groups in total. The van der Waals surface area contributed by atoms with Crippen molar-refractivity contribution in [2.45, 2.75) is 25.7 Å². The maximum atomic E-state index is 5.29. The lowest BCUT2D eigenvalue weighted by molar-refractivity contribution is 0.0902. The van der Waals surface area contributed by atoms with Crippen LogP contribution in [0, 0.1) is 5.92 Å². The van der Waals surface area contributed by atoms with Crippen LogP contribution >= 0.6 is 0 Å². The Kier molecular flexibility index (Phi) is 6.34. The lowest BCUT2D eigenvalue weighted by atomic mass is 9.98. The Bertz CT molecular complexity index is 392. The third-order valence-electron chi connectivity index (χ3n) is 4.08. The van der Waals surface area contributed by atoms with Crippen molar-refractivity contribution in [1.82, 2.24) is 4.90 Å². The summed E-state index contributed by atoms with van der Waals surface area (Å²) in [6.07, 6.45) is 4.98. The minimum atomic E-state index is 0.727. The first-order valence-electron chi connectivity index (χ1n) is 7.66. The van der Waals surface area contributed by atoms with Crippen molar-refractivity contribution in [3.8, 4) is 5.75 Å². The molecule has 112 valence electrons. The van der Waals surface area contributed by atoms with Gasteiger partial charge >= 0.3 is 0 Å². The predicted octanol–water partition coefficient (Wildman–Crippen LogP) is 2.99. The molecule has 1 aromatic carbocycles. The van der Waals surface area contributed by atoms with Crippen LogP contribution in [0.5, 0.6) is 5.75 Å². The van der Waals surface area contributed by atoms with Crippen LogP contribution < -0.4 is 4.74 Å². The standard InChI is InChI=1S/C17H27NO2/c1-19-14-16-8-5-11-18(13-16)10-4-7-15-6-3-9-17(12-15)20-2/h3,6,9,12,16H,4-5,7-8,10-11,13-14H2,1-2H3. The minimum absolute atomic E-state index is 0.727. The molecule has 1 aliphatic heterocycles. The summed E-state index contributed by atoms with van der Waals surface area (Å²) in [4.78, 5) is 2.59. The highest BCUT2D eigenvalue weighted by atomic mass is 16.5. The molecule has 0 bridgehead atoms. The molecule has 0 aliphatic carbocycles. The maximum Gasteiger partial charge on any atom is 0.119 e. The van der Waals surface area contributed by atoms with Gasteiger partial charge in [0.2, 0.25) is 0 Å². The van der Waals surface area contributed by atoms with Crippen molar-refractivity contribution >= 4 is 0 Å². The van der Waals surface area contributed by atoms with Crippen LogP contribution in [0.2, 0.25) is 0 Å². The van der Waals surface area contributed by atoms with Crippen LogP contribution in [0.3, 0.4) is 0 Å². The molecule has 0 spiro atoms. The fraction of sp³-hybridized carbons (Fsp3) is 0.647. The molecule has 3 heteroatoms. The zero-order valence-corrected chi connectivity index (χ0v) is 12.8. The molecule has 1 aromatic rings. The number of nitrogens with zero attached hydrogens (tertiary/aromatic N) is 1. The Morgan fingerprint density at radius 3 is 3.00 bits per heavy atom. The summed E-state index contributed by atoms with van der Waals surface area (Å²) in [6.45, 7) is 4.55. The lowest BCUT2D eigenvalue weighted by Crippen LogP contribution is -2.37. The third kappa shape index (κ3) is 4.80. The van der Waals surface area contributed by atoms with Gasteiger partial charge < -0.3 is 14.4 Å². The Morgan fingerprint density at radius 1 is 1.30 bits per heavy atom. The number of rotatable bonds is 7. The second-order valence-electron chi connectivity index (χ2n) is 5.72. The van der Waals surface area contributed by atoms with Crippen molar-refractivity contribution in [1.29, 1.82) is 0 Å².